The first-order chi connectivity index (χ1) is 11.7. The summed E-state index contributed by atoms with van der Waals surface area (Å²) in [5.74, 6) is 1.30. The van der Waals surface area contributed by atoms with Crippen LogP contribution in [0.4, 0.5) is 0 Å². The van der Waals surface area contributed by atoms with Crippen molar-refractivity contribution in [3.63, 3.8) is 0 Å². The molecule has 0 atom stereocenters. The molecule has 128 valence electrons. The standard InChI is InChI=1S/C16H20N4O4/c1-4-9-20-15(17-18-19-20)11-24-16(21)8-6-12-5-7-13(22-2)10-14(12)23-3/h5-8,10H,4,9,11H2,1-3H3/b8-6+. The van der Waals surface area contributed by atoms with Gasteiger partial charge < -0.3 is 14.2 Å². The molecule has 0 unspecified atom stereocenters. The summed E-state index contributed by atoms with van der Waals surface area (Å²) >= 11 is 0. The van der Waals surface area contributed by atoms with E-state index >= 15 is 0 Å². The normalized spacial score (nSPS) is 10.8. The van der Waals surface area contributed by atoms with Crippen molar-refractivity contribution in [2.75, 3.05) is 14.2 Å². The average molecular weight is 332 g/mol. The molecule has 1 aromatic carbocycles. The predicted molar refractivity (Wildman–Crippen MR) is 86.5 cm³/mol. The van der Waals surface area contributed by atoms with E-state index in [9.17, 15) is 4.79 Å². The maximum Gasteiger partial charge on any atom is 0.331 e. The first-order valence-electron chi connectivity index (χ1n) is 7.49. The lowest BCUT2D eigenvalue weighted by Crippen LogP contribution is -2.09. The molecule has 0 fully saturated rings. The number of rotatable bonds is 8. The molecule has 8 heteroatoms. The van der Waals surface area contributed by atoms with E-state index in [0.29, 0.717) is 23.9 Å². The number of hydrogen-bond acceptors (Lipinski definition) is 7. The van der Waals surface area contributed by atoms with Gasteiger partial charge in [0.1, 0.15) is 11.5 Å². The Morgan fingerprint density at radius 1 is 1.29 bits per heavy atom. The molecule has 0 N–H and O–H groups in total. The number of nitrogens with zero attached hydrogens (tertiary/aromatic N) is 4. The van der Waals surface area contributed by atoms with Gasteiger partial charge in [-0.15, -0.1) is 5.10 Å². The molecule has 0 aliphatic rings. The monoisotopic (exact) mass is 332 g/mol. The van der Waals surface area contributed by atoms with Gasteiger partial charge in [-0.2, -0.15) is 0 Å². The fourth-order valence-corrected chi connectivity index (χ4v) is 2.01. The number of esters is 1. The molecule has 0 bridgehead atoms. The summed E-state index contributed by atoms with van der Waals surface area (Å²) in [6.07, 6.45) is 3.84. The van der Waals surface area contributed by atoms with Crippen LogP contribution in [0.3, 0.4) is 0 Å². The van der Waals surface area contributed by atoms with Crippen LogP contribution < -0.4 is 9.47 Å². The van der Waals surface area contributed by atoms with E-state index in [1.54, 1.807) is 43.2 Å². The van der Waals surface area contributed by atoms with Gasteiger partial charge in [0.05, 0.1) is 14.2 Å². The highest BCUT2D eigenvalue weighted by Crippen LogP contribution is 2.25. The molecular formula is C16H20N4O4. The molecular weight excluding hydrogens is 312 g/mol. The van der Waals surface area contributed by atoms with E-state index in [2.05, 4.69) is 15.5 Å². The Hall–Kier alpha value is -2.90. The Balaban J connectivity index is 1.96. The number of aryl methyl sites for hydroxylation is 1. The average Bonchev–Trinajstić information content (AvgIpc) is 3.05. The van der Waals surface area contributed by atoms with Gasteiger partial charge in [-0.05, 0) is 35.1 Å². The molecule has 1 aromatic heterocycles. The second-order valence-electron chi connectivity index (χ2n) is 4.87. The van der Waals surface area contributed by atoms with Crippen molar-refractivity contribution in [2.45, 2.75) is 26.5 Å². The van der Waals surface area contributed by atoms with E-state index in [4.69, 9.17) is 14.2 Å². The van der Waals surface area contributed by atoms with Gasteiger partial charge in [-0.25, -0.2) is 9.48 Å². The van der Waals surface area contributed by atoms with Gasteiger partial charge in [0.15, 0.2) is 12.4 Å². The van der Waals surface area contributed by atoms with Crippen molar-refractivity contribution in [3.8, 4) is 11.5 Å². The molecule has 24 heavy (non-hydrogen) atoms. The first kappa shape index (κ1) is 17.5. The highest BCUT2D eigenvalue weighted by Gasteiger charge is 2.08. The fraction of sp³-hybridized carbons (Fsp3) is 0.375. The largest absolute Gasteiger partial charge is 0.497 e. The fourth-order valence-electron chi connectivity index (χ4n) is 2.01. The van der Waals surface area contributed by atoms with Crippen LogP contribution in [0.1, 0.15) is 24.7 Å². The van der Waals surface area contributed by atoms with E-state index in [1.165, 1.54) is 6.08 Å². The number of tetrazole rings is 1. The zero-order chi connectivity index (χ0) is 17.4. The molecule has 2 aromatic rings. The Kier molecular flexibility index (Phi) is 6.30. The molecule has 0 aliphatic heterocycles. The molecule has 0 saturated carbocycles. The number of hydrogen-bond donors (Lipinski definition) is 0. The van der Waals surface area contributed by atoms with Crippen LogP contribution in [-0.2, 0) is 22.7 Å². The SMILES string of the molecule is CCCn1nnnc1COC(=O)/C=C/c1ccc(OC)cc1OC. The molecule has 0 aliphatic carbocycles. The third-order valence-corrected chi connectivity index (χ3v) is 3.22. The topological polar surface area (TPSA) is 88.4 Å². The van der Waals surface area contributed by atoms with Crippen molar-refractivity contribution in [2.24, 2.45) is 0 Å². The molecule has 0 amide bonds. The summed E-state index contributed by atoms with van der Waals surface area (Å²) in [7, 11) is 3.13. The van der Waals surface area contributed by atoms with Crippen molar-refractivity contribution < 1.29 is 19.0 Å². The number of carbonyl (C=O) groups is 1. The molecule has 0 saturated heterocycles. The van der Waals surface area contributed by atoms with Gasteiger partial charge in [0.25, 0.3) is 0 Å². The van der Waals surface area contributed by atoms with Crippen LogP contribution in [0, 0.1) is 0 Å². The smallest absolute Gasteiger partial charge is 0.331 e. The molecule has 1 heterocycles. The van der Waals surface area contributed by atoms with Crippen LogP contribution >= 0.6 is 0 Å². The second kappa shape index (κ2) is 8.66. The lowest BCUT2D eigenvalue weighted by molar-refractivity contribution is -0.139. The second-order valence-corrected chi connectivity index (χ2v) is 4.87. The Morgan fingerprint density at radius 3 is 2.83 bits per heavy atom. The van der Waals surface area contributed by atoms with Gasteiger partial charge in [0, 0.05) is 24.3 Å². The lowest BCUT2D eigenvalue weighted by Gasteiger charge is -2.07. The maximum atomic E-state index is 11.9. The Bertz CT molecular complexity index is 712. The van der Waals surface area contributed by atoms with Crippen molar-refractivity contribution in [1.82, 2.24) is 20.2 Å². The molecule has 8 nitrogen and oxygen atoms in total. The number of ether oxygens (including phenoxy) is 3. The van der Waals surface area contributed by atoms with E-state index in [0.717, 1.165) is 12.0 Å². The minimum absolute atomic E-state index is 0.0237. The van der Waals surface area contributed by atoms with Gasteiger partial charge in [-0.1, -0.05) is 6.92 Å². The summed E-state index contributed by atoms with van der Waals surface area (Å²) in [5, 5.41) is 11.2. The molecule has 0 spiro atoms. The molecule has 0 radical (unpaired) electrons. The zero-order valence-corrected chi connectivity index (χ0v) is 13.9. The van der Waals surface area contributed by atoms with Gasteiger partial charge in [-0.3, -0.25) is 0 Å². The van der Waals surface area contributed by atoms with Crippen LogP contribution in [-0.4, -0.2) is 40.4 Å². The van der Waals surface area contributed by atoms with E-state index in [-0.39, 0.29) is 6.61 Å². The number of carbonyl (C=O) groups excluding carboxylic acids is 1. The predicted octanol–water partition coefficient (Wildman–Crippen LogP) is 1.86. The van der Waals surface area contributed by atoms with Crippen molar-refractivity contribution in [3.05, 3.63) is 35.7 Å². The minimum Gasteiger partial charge on any atom is -0.497 e. The number of benzene rings is 1. The summed E-state index contributed by atoms with van der Waals surface area (Å²) < 4.78 is 17.2. The summed E-state index contributed by atoms with van der Waals surface area (Å²) in [6, 6.07) is 5.32. The molecule has 2 rings (SSSR count). The van der Waals surface area contributed by atoms with Crippen LogP contribution in [0.25, 0.3) is 6.08 Å². The van der Waals surface area contributed by atoms with Crippen molar-refractivity contribution >= 4 is 12.0 Å². The first-order valence-corrected chi connectivity index (χ1v) is 7.49. The number of aromatic nitrogens is 4. The van der Waals surface area contributed by atoms with Gasteiger partial charge in [0.2, 0.25) is 0 Å². The van der Waals surface area contributed by atoms with Gasteiger partial charge >= 0.3 is 5.97 Å². The Labute approximate surface area is 140 Å². The highest BCUT2D eigenvalue weighted by atomic mass is 16.5. The maximum absolute atomic E-state index is 11.9. The van der Waals surface area contributed by atoms with Crippen LogP contribution in [0.15, 0.2) is 24.3 Å². The number of methoxy groups -OCH3 is 2. The zero-order valence-electron chi connectivity index (χ0n) is 13.9. The summed E-state index contributed by atoms with van der Waals surface area (Å²) in [5.41, 5.74) is 0.742. The third kappa shape index (κ3) is 4.55. The summed E-state index contributed by atoms with van der Waals surface area (Å²) in [6.45, 7) is 2.72. The minimum atomic E-state index is -0.487. The highest BCUT2D eigenvalue weighted by molar-refractivity contribution is 5.87. The summed E-state index contributed by atoms with van der Waals surface area (Å²) in [4.78, 5) is 11.9. The quantitative estimate of drug-likeness (QED) is 0.538. The van der Waals surface area contributed by atoms with E-state index < -0.39 is 5.97 Å². The van der Waals surface area contributed by atoms with E-state index in [1.807, 2.05) is 6.92 Å². The Morgan fingerprint density at radius 2 is 2.12 bits per heavy atom. The van der Waals surface area contributed by atoms with Crippen LogP contribution in [0.5, 0.6) is 11.5 Å². The van der Waals surface area contributed by atoms with Crippen molar-refractivity contribution in [1.29, 1.82) is 0 Å². The third-order valence-electron chi connectivity index (χ3n) is 3.22. The van der Waals surface area contributed by atoms with Crippen LogP contribution in [0.2, 0.25) is 0 Å². The lowest BCUT2D eigenvalue weighted by atomic mass is 10.2.